The molecular weight excluding hydrogens is 166 g/mol. The van der Waals surface area contributed by atoms with Gasteiger partial charge in [-0.1, -0.05) is 12.8 Å². The molecule has 1 unspecified atom stereocenters. The van der Waals surface area contributed by atoms with Crippen LogP contribution in [0.2, 0.25) is 0 Å². The number of nitrogens with two attached hydrogens (primary N) is 2. The highest BCUT2D eigenvalue weighted by Gasteiger charge is 2.21. The van der Waals surface area contributed by atoms with E-state index in [-0.39, 0.29) is 6.04 Å². The van der Waals surface area contributed by atoms with E-state index in [9.17, 15) is 0 Å². The van der Waals surface area contributed by atoms with Gasteiger partial charge in [-0.25, -0.2) is 5.84 Å². The summed E-state index contributed by atoms with van der Waals surface area (Å²) in [6.45, 7) is 0. The second-order valence-electron chi connectivity index (χ2n) is 3.42. The van der Waals surface area contributed by atoms with Crippen molar-refractivity contribution in [3.63, 3.8) is 0 Å². The standard InChI is InChI=1S/C8H19N5/c1-11-8(13-10)12-7-5-3-2-4-6(7)9/h6-7H,2-5,9-10H2,1H3,(H2,11,12,13)/t6?,7-/m1/s1. The van der Waals surface area contributed by atoms with Crippen molar-refractivity contribution in [2.24, 2.45) is 16.6 Å². The number of hydrazine groups is 1. The summed E-state index contributed by atoms with van der Waals surface area (Å²) in [4.78, 5) is 3.95. The molecule has 0 amide bonds. The topological polar surface area (TPSA) is 88.5 Å². The Hall–Kier alpha value is -0.810. The Bertz CT molecular complexity index is 179. The van der Waals surface area contributed by atoms with Crippen LogP contribution in [0.15, 0.2) is 4.99 Å². The summed E-state index contributed by atoms with van der Waals surface area (Å²) in [5, 5.41) is 3.19. The van der Waals surface area contributed by atoms with Crippen molar-refractivity contribution < 1.29 is 0 Å². The van der Waals surface area contributed by atoms with Gasteiger partial charge in [0.1, 0.15) is 0 Å². The third-order valence-electron chi connectivity index (χ3n) is 2.50. The molecule has 6 N–H and O–H groups in total. The van der Waals surface area contributed by atoms with Crippen LogP contribution in [0.5, 0.6) is 0 Å². The third-order valence-corrected chi connectivity index (χ3v) is 2.50. The Morgan fingerprint density at radius 1 is 1.38 bits per heavy atom. The fourth-order valence-corrected chi connectivity index (χ4v) is 1.69. The second kappa shape index (κ2) is 5.04. The third kappa shape index (κ3) is 2.86. The number of hydrogen-bond donors (Lipinski definition) is 4. The number of rotatable bonds is 1. The number of hydrogen-bond acceptors (Lipinski definition) is 3. The summed E-state index contributed by atoms with van der Waals surface area (Å²) in [5.74, 6) is 5.88. The number of aliphatic imine (C=N–C) groups is 1. The van der Waals surface area contributed by atoms with E-state index in [1.807, 2.05) is 0 Å². The molecule has 0 saturated heterocycles. The summed E-state index contributed by atoms with van der Waals surface area (Å²) >= 11 is 0. The molecule has 0 aliphatic heterocycles. The molecule has 13 heavy (non-hydrogen) atoms. The van der Waals surface area contributed by atoms with Crippen molar-refractivity contribution in [1.82, 2.24) is 10.7 Å². The fraction of sp³-hybridized carbons (Fsp3) is 0.875. The van der Waals surface area contributed by atoms with Crippen LogP contribution in [0, 0.1) is 0 Å². The highest BCUT2D eigenvalue weighted by molar-refractivity contribution is 5.79. The Kier molecular flexibility index (Phi) is 3.98. The summed E-state index contributed by atoms with van der Waals surface area (Å²) < 4.78 is 0. The predicted octanol–water partition coefficient (Wildman–Crippen LogP) is -0.705. The molecule has 76 valence electrons. The Morgan fingerprint density at radius 2 is 2.08 bits per heavy atom. The predicted molar refractivity (Wildman–Crippen MR) is 54.0 cm³/mol. The lowest BCUT2D eigenvalue weighted by molar-refractivity contribution is 0.358. The lowest BCUT2D eigenvalue weighted by atomic mass is 9.91. The maximum absolute atomic E-state index is 5.95. The summed E-state index contributed by atoms with van der Waals surface area (Å²) in [6, 6.07) is 0.530. The van der Waals surface area contributed by atoms with Gasteiger partial charge in [0.2, 0.25) is 5.96 Å². The van der Waals surface area contributed by atoms with Crippen molar-refractivity contribution in [3.05, 3.63) is 0 Å². The van der Waals surface area contributed by atoms with Crippen LogP contribution in [0.1, 0.15) is 25.7 Å². The molecule has 1 rings (SSSR count). The first-order valence-corrected chi connectivity index (χ1v) is 4.73. The molecule has 1 saturated carbocycles. The van der Waals surface area contributed by atoms with Crippen molar-refractivity contribution in [1.29, 1.82) is 0 Å². The molecule has 0 aromatic carbocycles. The van der Waals surface area contributed by atoms with Crippen molar-refractivity contribution >= 4 is 5.96 Å². The summed E-state index contributed by atoms with van der Waals surface area (Å²) in [7, 11) is 1.69. The summed E-state index contributed by atoms with van der Waals surface area (Å²) in [6.07, 6.45) is 4.64. The van der Waals surface area contributed by atoms with Crippen LogP contribution >= 0.6 is 0 Å². The highest BCUT2D eigenvalue weighted by Crippen LogP contribution is 2.16. The molecule has 1 aliphatic rings. The average molecular weight is 185 g/mol. The van der Waals surface area contributed by atoms with Gasteiger partial charge in [-0.15, -0.1) is 0 Å². The van der Waals surface area contributed by atoms with E-state index >= 15 is 0 Å². The van der Waals surface area contributed by atoms with Crippen molar-refractivity contribution in [3.8, 4) is 0 Å². The van der Waals surface area contributed by atoms with Gasteiger partial charge in [0.05, 0.1) is 0 Å². The molecule has 1 fully saturated rings. The first-order valence-electron chi connectivity index (χ1n) is 4.73. The maximum atomic E-state index is 5.95. The van der Waals surface area contributed by atoms with Gasteiger partial charge in [0.15, 0.2) is 0 Å². The lowest BCUT2D eigenvalue weighted by Gasteiger charge is -2.30. The minimum Gasteiger partial charge on any atom is -0.351 e. The zero-order valence-corrected chi connectivity index (χ0v) is 8.09. The van der Waals surface area contributed by atoms with E-state index in [4.69, 9.17) is 11.6 Å². The quantitative estimate of drug-likeness (QED) is 0.188. The smallest absolute Gasteiger partial charge is 0.205 e. The lowest BCUT2D eigenvalue weighted by Crippen LogP contribution is -2.54. The zero-order chi connectivity index (χ0) is 9.68. The van der Waals surface area contributed by atoms with E-state index < -0.39 is 0 Å². The first kappa shape index (κ1) is 10.3. The van der Waals surface area contributed by atoms with E-state index in [0.29, 0.717) is 12.0 Å². The van der Waals surface area contributed by atoms with Crippen LogP contribution in [0.25, 0.3) is 0 Å². The largest absolute Gasteiger partial charge is 0.351 e. The molecule has 1 aliphatic carbocycles. The van der Waals surface area contributed by atoms with Gasteiger partial charge in [-0.3, -0.25) is 10.4 Å². The SMILES string of the molecule is CN=C(NN)N[C@@H]1CCCCC1N. The van der Waals surface area contributed by atoms with Crippen molar-refractivity contribution in [2.75, 3.05) is 7.05 Å². The fourth-order valence-electron chi connectivity index (χ4n) is 1.69. The van der Waals surface area contributed by atoms with E-state index in [1.54, 1.807) is 7.05 Å². The normalized spacial score (nSPS) is 29.9. The molecule has 0 aromatic heterocycles. The Morgan fingerprint density at radius 3 is 2.62 bits per heavy atom. The zero-order valence-electron chi connectivity index (χ0n) is 8.09. The van der Waals surface area contributed by atoms with E-state index in [0.717, 1.165) is 12.8 Å². The number of nitrogens with zero attached hydrogens (tertiary/aromatic N) is 1. The number of nitrogens with one attached hydrogen (secondary N) is 2. The summed E-state index contributed by atoms with van der Waals surface area (Å²) in [5.41, 5.74) is 8.45. The van der Waals surface area contributed by atoms with Crippen LogP contribution in [-0.2, 0) is 0 Å². The molecule has 5 nitrogen and oxygen atoms in total. The van der Waals surface area contributed by atoms with E-state index in [1.165, 1.54) is 12.8 Å². The van der Waals surface area contributed by atoms with Crippen LogP contribution in [0.4, 0.5) is 0 Å². The molecule has 5 heteroatoms. The highest BCUT2D eigenvalue weighted by atomic mass is 15.3. The monoisotopic (exact) mass is 185 g/mol. The molecule has 0 heterocycles. The molecular formula is C8H19N5. The van der Waals surface area contributed by atoms with Gasteiger partial charge < -0.3 is 11.1 Å². The van der Waals surface area contributed by atoms with Crippen LogP contribution < -0.4 is 22.3 Å². The molecule has 0 aromatic rings. The second-order valence-corrected chi connectivity index (χ2v) is 3.42. The molecule has 0 bridgehead atoms. The van der Waals surface area contributed by atoms with Crippen molar-refractivity contribution in [2.45, 2.75) is 37.8 Å². The maximum Gasteiger partial charge on any atom is 0.205 e. The first-order chi connectivity index (χ1) is 6.27. The molecule has 0 spiro atoms. The van der Waals surface area contributed by atoms with Gasteiger partial charge >= 0.3 is 0 Å². The Labute approximate surface area is 78.9 Å². The van der Waals surface area contributed by atoms with Gasteiger partial charge in [-0.05, 0) is 12.8 Å². The average Bonchev–Trinajstić information content (AvgIpc) is 2.17. The molecule has 2 atom stereocenters. The van der Waals surface area contributed by atoms with Crippen LogP contribution in [-0.4, -0.2) is 25.1 Å². The minimum atomic E-state index is 0.221. The number of guanidine groups is 1. The Balaban J connectivity index is 2.41. The van der Waals surface area contributed by atoms with Gasteiger partial charge in [0, 0.05) is 19.1 Å². The minimum absolute atomic E-state index is 0.221. The van der Waals surface area contributed by atoms with Gasteiger partial charge in [0.25, 0.3) is 0 Å². The van der Waals surface area contributed by atoms with Gasteiger partial charge in [-0.2, -0.15) is 0 Å². The van der Waals surface area contributed by atoms with Crippen LogP contribution in [0.3, 0.4) is 0 Å². The van der Waals surface area contributed by atoms with E-state index in [2.05, 4.69) is 15.7 Å². The molecule has 0 radical (unpaired) electrons.